The highest BCUT2D eigenvalue weighted by Gasteiger charge is 2.26. The molecule has 1 unspecified atom stereocenters. The second kappa shape index (κ2) is 8.38. The Kier molecular flexibility index (Phi) is 5.96. The molecule has 1 N–H and O–H groups in total. The number of fused-ring (bicyclic) bond motifs is 1. The van der Waals surface area contributed by atoms with Crippen LogP contribution in [0.25, 0.3) is 0 Å². The minimum absolute atomic E-state index is 0.0992. The molecule has 1 saturated heterocycles. The molecule has 2 heterocycles. The lowest BCUT2D eigenvalue weighted by atomic mass is 9.96. The SMILES string of the molecule is COc1ccc2c(c1)CC(C(=O)NCCCN1CCCCC1)CO2. The maximum Gasteiger partial charge on any atom is 0.226 e. The van der Waals surface area contributed by atoms with Crippen molar-refractivity contribution in [3.05, 3.63) is 23.8 Å². The molecule has 2 aliphatic rings. The molecule has 1 aromatic rings. The number of likely N-dealkylation sites (tertiary alicyclic amines) is 1. The van der Waals surface area contributed by atoms with E-state index in [1.54, 1.807) is 7.11 Å². The van der Waals surface area contributed by atoms with Crippen molar-refractivity contribution in [3.63, 3.8) is 0 Å². The van der Waals surface area contributed by atoms with Crippen LogP contribution in [0.3, 0.4) is 0 Å². The monoisotopic (exact) mass is 332 g/mol. The number of methoxy groups -OCH3 is 1. The molecule has 1 amide bonds. The topological polar surface area (TPSA) is 50.8 Å². The van der Waals surface area contributed by atoms with E-state index >= 15 is 0 Å². The predicted molar refractivity (Wildman–Crippen MR) is 93.6 cm³/mol. The van der Waals surface area contributed by atoms with Crippen LogP contribution in [0.2, 0.25) is 0 Å². The Morgan fingerprint density at radius 2 is 2.17 bits per heavy atom. The smallest absolute Gasteiger partial charge is 0.226 e. The van der Waals surface area contributed by atoms with Gasteiger partial charge in [0.25, 0.3) is 0 Å². The van der Waals surface area contributed by atoms with Gasteiger partial charge in [0.1, 0.15) is 18.1 Å². The maximum absolute atomic E-state index is 12.4. The lowest BCUT2D eigenvalue weighted by Crippen LogP contribution is -2.39. The average Bonchev–Trinajstić information content (AvgIpc) is 2.65. The van der Waals surface area contributed by atoms with Gasteiger partial charge in [0, 0.05) is 6.54 Å². The van der Waals surface area contributed by atoms with E-state index in [1.165, 1.54) is 32.4 Å². The van der Waals surface area contributed by atoms with Crippen LogP contribution in [0.5, 0.6) is 11.5 Å². The van der Waals surface area contributed by atoms with Gasteiger partial charge < -0.3 is 19.7 Å². The van der Waals surface area contributed by atoms with Gasteiger partial charge in [-0.1, -0.05) is 6.42 Å². The van der Waals surface area contributed by atoms with E-state index in [1.807, 2.05) is 18.2 Å². The molecule has 5 nitrogen and oxygen atoms in total. The summed E-state index contributed by atoms with van der Waals surface area (Å²) in [5.41, 5.74) is 1.05. The molecular weight excluding hydrogens is 304 g/mol. The fourth-order valence-electron chi connectivity index (χ4n) is 3.51. The third-order valence-corrected chi connectivity index (χ3v) is 4.94. The summed E-state index contributed by atoms with van der Waals surface area (Å²) < 4.78 is 11.0. The first-order chi connectivity index (χ1) is 11.8. The highest BCUT2D eigenvalue weighted by molar-refractivity contribution is 5.79. The van der Waals surface area contributed by atoms with Gasteiger partial charge in [0.2, 0.25) is 5.91 Å². The lowest BCUT2D eigenvalue weighted by Gasteiger charge is -2.27. The number of carbonyl (C=O) groups is 1. The molecule has 0 saturated carbocycles. The van der Waals surface area contributed by atoms with Gasteiger partial charge in [-0.25, -0.2) is 0 Å². The number of amides is 1. The highest BCUT2D eigenvalue weighted by atomic mass is 16.5. The molecule has 132 valence electrons. The first kappa shape index (κ1) is 17.1. The average molecular weight is 332 g/mol. The second-order valence-corrected chi connectivity index (χ2v) is 6.73. The van der Waals surface area contributed by atoms with Crippen molar-refractivity contribution in [2.75, 3.05) is 39.9 Å². The summed E-state index contributed by atoms with van der Waals surface area (Å²) in [6.07, 6.45) is 5.72. The standard InChI is InChI=1S/C19H28N2O3/c1-23-17-6-7-18-15(13-17)12-16(14-24-18)19(22)20-8-5-11-21-9-3-2-4-10-21/h6-7,13,16H,2-5,8-12,14H2,1H3,(H,20,22). The Morgan fingerprint density at radius 1 is 1.33 bits per heavy atom. The molecule has 5 heteroatoms. The fourth-order valence-corrected chi connectivity index (χ4v) is 3.51. The van der Waals surface area contributed by atoms with Crippen molar-refractivity contribution >= 4 is 5.91 Å². The minimum atomic E-state index is -0.111. The van der Waals surface area contributed by atoms with E-state index in [2.05, 4.69) is 10.2 Å². The molecule has 3 rings (SSSR count). The highest BCUT2D eigenvalue weighted by Crippen LogP contribution is 2.30. The van der Waals surface area contributed by atoms with Crippen LogP contribution in [0.4, 0.5) is 0 Å². The first-order valence-corrected chi connectivity index (χ1v) is 9.06. The van der Waals surface area contributed by atoms with Crippen molar-refractivity contribution in [1.29, 1.82) is 0 Å². The number of nitrogens with one attached hydrogen (secondary N) is 1. The van der Waals surface area contributed by atoms with Gasteiger partial charge in [-0.2, -0.15) is 0 Å². The quantitative estimate of drug-likeness (QED) is 0.812. The number of hydrogen-bond acceptors (Lipinski definition) is 4. The first-order valence-electron chi connectivity index (χ1n) is 9.06. The Morgan fingerprint density at radius 3 is 2.96 bits per heavy atom. The normalized spacial score (nSPS) is 20.8. The number of rotatable bonds is 6. The summed E-state index contributed by atoms with van der Waals surface area (Å²) in [4.78, 5) is 14.9. The Labute approximate surface area is 144 Å². The molecule has 24 heavy (non-hydrogen) atoms. The van der Waals surface area contributed by atoms with Gasteiger partial charge in [0.05, 0.1) is 13.0 Å². The van der Waals surface area contributed by atoms with E-state index < -0.39 is 0 Å². The van der Waals surface area contributed by atoms with Crippen LogP contribution in [0.15, 0.2) is 18.2 Å². The van der Waals surface area contributed by atoms with Crippen LogP contribution in [0.1, 0.15) is 31.2 Å². The van der Waals surface area contributed by atoms with E-state index in [9.17, 15) is 4.79 Å². The summed E-state index contributed by atoms with van der Waals surface area (Å²) in [5, 5.41) is 3.07. The van der Waals surface area contributed by atoms with E-state index in [0.29, 0.717) is 13.0 Å². The number of piperidine rings is 1. The van der Waals surface area contributed by atoms with E-state index in [4.69, 9.17) is 9.47 Å². The fraction of sp³-hybridized carbons (Fsp3) is 0.632. The summed E-state index contributed by atoms with van der Waals surface area (Å²) in [6, 6.07) is 5.77. The molecule has 0 spiro atoms. The van der Waals surface area contributed by atoms with Crippen LogP contribution in [-0.4, -0.2) is 50.7 Å². The molecule has 0 aliphatic carbocycles. The lowest BCUT2D eigenvalue weighted by molar-refractivity contribution is -0.126. The number of nitrogens with zero attached hydrogens (tertiary/aromatic N) is 1. The van der Waals surface area contributed by atoms with Crippen LogP contribution >= 0.6 is 0 Å². The molecule has 0 bridgehead atoms. The Balaban J connectivity index is 1.42. The van der Waals surface area contributed by atoms with Gasteiger partial charge in [0.15, 0.2) is 0 Å². The van der Waals surface area contributed by atoms with Crippen LogP contribution < -0.4 is 14.8 Å². The summed E-state index contributed by atoms with van der Waals surface area (Å²) in [7, 11) is 1.65. The maximum atomic E-state index is 12.4. The van der Waals surface area contributed by atoms with Gasteiger partial charge in [-0.3, -0.25) is 4.79 Å². The van der Waals surface area contributed by atoms with Crippen LogP contribution in [-0.2, 0) is 11.2 Å². The van der Waals surface area contributed by atoms with Crippen LogP contribution in [0, 0.1) is 5.92 Å². The predicted octanol–water partition coefficient (Wildman–Crippen LogP) is 2.24. The molecule has 0 aromatic heterocycles. The third-order valence-electron chi connectivity index (χ3n) is 4.94. The molecular formula is C19H28N2O3. The number of ether oxygens (including phenoxy) is 2. The zero-order valence-corrected chi connectivity index (χ0v) is 14.6. The van der Waals surface area contributed by atoms with Crippen molar-refractivity contribution in [3.8, 4) is 11.5 Å². The summed E-state index contributed by atoms with van der Waals surface area (Å²) in [5.74, 6) is 1.66. The Bertz CT molecular complexity index is 556. The largest absolute Gasteiger partial charge is 0.497 e. The van der Waals surface area contributed by atoms with Crippen molar-refractivity contribution < 1.29 is 14.3 Å². The van der Waals surface area contributed by atoms with Gasteiger partial charge in [-0.15, -0.1) is 0 Å². The zero-order chi connectivity index (χ0) is 16.8. The van der Waals surface area contributed by atoms with E-state index in [0.717, 1.165) is 36.6 Å². The van der Waals surface area contributed by atoms with E-state index in [-0.39, 0.29) is 11.8 Å². The number of hydrogen-bond donors (Lipinski definition) is 1. The minimum Gasteiger partial charge on any atom is -0.497 e. The second-order valence-electron chi connectivity index (χ2n) is 6.73. The van der Waals surface area contributed by atoms with Crippen molar-refractivity contribution in [1.82, 2.24) is 10.2 Å². The molecule has 1 aromatic carbocycles. The molecule has 1 fully saturated rings. The number of benzene rings is 1. The Hall–Kier alpha value is -1.75. The third kappa shape index (κ3) is 4.41. The zero-order valence-electron chi connectivity index (χ0n) is 14.6. The van der Waals surface area contributed by atoms with Crippen molar-refractivity contribution in [2.45, 2.75) is 32.1 Å². The van der Waals surface area contributed by atoms with Gasteiger partial charge >= 0.3 is 0 Å². The number of carbonyl (C=O) groups excluding carboxylic acids is 1. The summed E-state index contributed by atoms with van der Waals surface area (Å²) in [6.45, 7) is 4.71. The molecule has 0 radical (unpaired) electrons. The molecule has 2 aliphatic heterocycles. The summed E-state index contributed by atoms with van der Waals surface area (Å²) >= 11 is 0. The van der Waals surface area contributed by atoms with Gasteiger partial charge in [-0.05, 0) is 69.1 Å². The van der Waals surface area contributed by atoms with Crippen molar-refractivity contribution in [2.24, 2.45) is 5.92 Å². The molecule has 1 atom stereocenters.